The first-order valence-corrected chi connectivity index (χ1v) is 9.11. The Bertz CT molecular complexity index is 978. The lowest BCUT2D eigenvalue weighted by Gasteiger charge is -2.12. The number of aliphatic imine (C=N–C) groups is 1. The number of carbonyl (C=O) groups excluding carboxylic acids is 1. The highest BCUT2D eigenvalue weighted by atomic mass is 19.1. The van der Waals surface area contributed by atoms with Crippen molar-refractivity contribution in [2.45, 2.75) is 13.0 Å². The van der Waals surface area contributed by atoms with Crippen molar-refractivity contribution in [2.24, 2.45) is 4.99 Å². The second-order valence-corrected chi connectivity index (χ2v) is 6.38. The maximum absolute atomic E-state index is 13.3. The molecular formula is C21H24FN5O. The fourth-order valence-electron chi connectivity index (χ4n) is 3.01. The molecule has 0 spiro atoms. The van der Waals surface area contributed by atoms with E-state index in [-0.39, 0.29) is 11.7 Å². The molecule has 0 atom stereocenters. The zero-order valence-electron chi connectivity index (χ0n) is 16.0. The van der Waals surface area contributed by atoms with E-state index in [1.807, 2.05) is 18.3 Å². The van der Waals surface area contributed by atoms with Gasteiger partial charge in [-0.25, -0.2) is 4.39 Å². The van der Waals surface area contributed by atoms with E-state index in [9.17, 15) is 9.18 Å². The fourth-order valence-corrected chi connectivity index (χ4v) is 3.01. The van der Waals surface area contributed by atoms with Crippen molar-refractivity contribution >= 4 is 22.8 Å². The standard InChI is InChI=1S/C21H24FN5O/c1-23-20(28)15-5-3-14(4-6-15)12-27-21(24-2)25-10-9-16-13-26-19-11-17(22)7-8-18(16)19/h3-8,11,13,26H,9-10,12H2,1-2H3,(H,23,28)(H2,24,25,27). The van der Waals surface area contributed by atoms with Crippen LogP contribution in [0.2, 0.25) is 0 Å². The Labute approximate surface area is 163 Å². The number of H-pyrrole nitrogens is 1. The molecule has 0 fully saturated rings. The molecule has 0 aliphatic rings. The number of carbonyl (C=O) groups is 1. The summed E-state index contributed by atoms with van der Waals surface area (Å²) in [4.78, 5) is 18.9. The number of amides is 1. The first kappa shape index (κ1) is 19.4. The van der Waals surface area contributed by atoms with Gasteiger partial charge in [0.1, 0.15) is 5.82 Å². The van der Waals surface area contributed by atoms with Gasteiger partial charge in [0.2, 0.25) is 0 Å². The molecule has 0 aliphatic heterocycles. The minimum atomic E-state index is -0.244. The van der Waals surface area contributed by atoms with E-state index in [2.05, 4.69) is 25.9 Å². The number of aromatic amines is 1. The number of guanidine groups is 1. The van der Waals surface area contributed by atoms with Crippen LogP contribution in [0.3, 0.4) is 0 Å². The molecule has 0 aliphatic carbocycles. The molecule has 0 bridgehead atoms. The van der Waals surface area contributed by atoms with Gasteiger partial charge in [-0.3, -0.25) is 9.79 Å². The molecule has 4 N–H and O–H groups in total. The van der Waals surface area contributed by atoms with Gasteiger partial charge in [0.05, 0.1) is 0 Å². The third-order valence-corrected chi connectivity index (χ3v) is 4.54. The van der Waals surface area contributed by atoms with Crippen LogP contribution in [0, 0.1) is 5.82 Å². The van der Waals surface area contributed by atoms with Gasteiger partial charge < -0.3 is 20.9 Å². The molecule has 0 saturated heterocycles. The molecule has 146 valence electrons. The molecule has 2 aromatic carbocycles. The van der Waals surface area contributed by atoms with Gasteiger partial charge in [-0.2, -0.15) is 0 Å². The predicted octanol–water partition coefficient (Wildman–Crippen LogP) is 2.57. The summed E-state index contributed by atoms with van der Waals surface area (Å²) in [6.45, 7) is 1.29. The van der Waals surface area contributed by atoms with Crippen LogP contribution in [0.4, 0.5) is 4.39 Å². The first-order chi connectivity index (χ1) is 13.6. The van der Waals surface area contributed by atoms with Gasteiger partial charge in [-0.1, -0.05) is 12.1 Å². The van der Waals surface area contributed by atoms with Crippen LogP contribution in [-0.4, -0.2) is 37.5 Å². The third-order valence-electron chi connectivity index (χ3n) is 4.54. The van der Waals surface area contributed by atoms with Gasteiger partial charge in [0.15, 0.2) is 5.96 Å². The monoisotopic (exact) mass is 381 g/mol. The average Bonchev–Trinajstić information content (AvgIpc) is 3.12. The SMILES string of the molecule is CN=C(NCCc1c[nH]c2cc(F)ccc12)NCc1ccc(C(=O)NC)cc1. The zero-order chi connectivity index (χ0) is 19.9. The largest absolute Gasteiger partial charge is 0.361 e. The Hall–Kier alpha value is -3.35. The molecule has 0 unspecified atom stereocenters. The Morgan fingerprint density at radius 2 is 1.93 bits per heavy atom. The molecule has 1 heterocycles. The highest BCUT2D eigenvalue weighted by Crippen LogP contribution is 2.19. The average molecular weight is 381 g/mol. The van der Waals surface area contributed by atoms with Crippen molar-refractivity contribution in [3.8, 4) is 0 Å². The molecule has 0 radical (unpaired) electrons. The van der Waals surface area contributed by atoms with Gasteiger partial charge in [0, 0.05) is 49.8 Å². The number of halogens is 1. The van der Waals surface area contributed by atoms with Crippen molar-refractivity contribution in [1.82, 2.24) is 20.9 Å². The molecule has 3 rings (SSSR count). The smallest absolute Gasteiger partial charge is 0.251 e. The van der Waals surface area contributed by atoms with Crippen molar-refractivity contribution in [3.63, 3.8) is 0 Å². The predicted molar refractivity (Wildman–Crippen MR) is 110 cm³/mol. The van der Waals surface area contributed by atoms with Crippen LogP contribution in [0.15, 0.2) is 53.7 Å². The van der Waals surface area contributed by atoms with Gasteiger partial charge in [-0.15, -0.1) is 0 Å². The molecule has 6 nitrogen and oxygen atoms in total. The second kappa shape index (κ2) is 9.03. The van der Waals surface area contributed by atoms with Gasteiger partial charge in [-0.05, 0) is 47.9 Å². The number of rotatable bonds is 6. The second-order valence-electron chi connectivity index (χ2n) is 6.38. The highest BCUT2D eigenvalue weighted by molar-refractivity contribution is 5.94. The summed E-state index contributed by atoms with van der Waals surface area (Å²) in [5, 5.41) is 10.2. The van der Waals surface area contributed by atoms with E-state index in [4.69, 9.17) is 0 Å². The number of hydrogen-bond acceptors (Lipinski definition) is 2. The summed E-state index contributed by atoms with van der Waals surface area (Å²) in [6.07, 6.45) is 2.70. The maximum Gasteiger partial charge on any atom is 0.251 e. The van der Waals surface area contributed by atoms with E-state index in [0.29, 0.717) is 24.6 Å². The molecule has 28 heavy (non-hydrogen) atoms. The molecule has 7 heteroatoms. The number of nitrogens with zero attached hydrogens (tertiary/aromatic N) is 1. The van der Waals surface area contributed by atoms with Crippen molar-refractivity contribution < 1.29 is 9.18 Å². The minimum absolute atomic E-state index is 0.1000. The van der Waals surface area contributed by atoms with Crippen molar-refractivity contribution in [3.05, 3.63) is 71.2 Å². The van der Waals surface area contributed by atoms with E-state index < -0.39 is 0 Å². The minimum Gasteiger partial charge on any atom is -0.361 e. The fraction of sp³-hybridized carbons (Fsp3) is 0.238. The number of hydrogen-bond donors (Lipinski definition) is 4. The van der Waals surface area contributed by atoms with Crippen LogP contribution in [0.25, 0.3) is 10.9 Å². The maximum atomic E-state index is 13.3. The van der Waals surface area contributed by atoms with E-state index >= 15 is 0 Å². The third kappa shape index (κ3) is 4.68. The summed E-state index contributed by atoms with van der Waals surface area (Å²) in [6, 6.07) is 12.2. The lowest BCUT2D eigenvalue weighted by Crippen LogP contribution is -2.37. The van der Waals surface area contributed by atoms with Gasteiger partial charge >= 0.3 is 0 Å². The Balaban J connectivity index is 1.50. The van der Waals surface area contributed by atoms with Crippen LogP contribution in [0.5, 0.6) is 0 Å². The number of aromatic nitrogens is 1. The lowest BCUT2D eigenvalue weighted by molar-refractivity contribution is 0.0963. The summed E-state index contributed by atoms with van der Waals surface area (Å²) in [5.41, 5.74) is 3.61. The number of benzene rings is 2. The zero-order valence-corrected chi connectivity index (χ0v) is 16.0. The Kier molecular flexibility index (Phi) is 6.26. The quantitative estimate of drug-likeness (QED) is 0.391. The van der Waals surface area contributed by atoms with Crippen molar-refractivity contribution in [2.75, 3.05) is 20.6 Å². The highest BCUT2D eigenvalue weighted by Gasteiger charge is 2.06. The van der Waals surface area contributed by atoms with E-state index in [1.54, 1.807) is 32.3 Å². The summed E-state index contributed by atoms with van der Waals surface area (Å²) in [5.74, 6) is 0.352. The normalized spacial score (nSPS) is 11.5. The lowest BCUT2D eigenvalue weighted by atomic mass is 10.1. The molecule has 1 amide bonds. The number of nitrogens with one attached hydrogen (secondary N) is 4. The summed E-state index contributed by atoms with van der Waals surface area (Å²) < 4.78 is 13.3. The van der Waals surface area contributed by atoms with Crippen LogP contribution in [-0.2, 0) is 13.0 Å². The molecule has 3 aromatic rings. The van der Waals surface area contributed by atoms with Gasteiger partial charge in [0.25, 0.3) is 5.91 Å². The van der Waals surface area contributed by atoms with E-state index in [1.165, 1.54) is 12.1 Å². The summed E-state index contributed by atoms with van der Waals surface area (Å²) >= 11 is 0. The Morgan fingerprint density at radius 3 is 2.64 bits per heavy atom. The molecular weight excluding hydrogens is 357 g/mol. The molecule has 1 aromatic heterocycles. The van der Waals surface area contributed by atoms with Crippen LogP contribution in [0.1, 0.15) is 21.5 Å². The number of fused-ring (bicyclic) bond motifs is 1. The molecule has 0 saturated carbocycles. The van der Waals surface area contributed by atoms with Crippen LogP contribution >= 0.6 is 0 Å². The van der Waals surface area contributed by atoms with Crippen molar-refractivity contribution in [1.29, 1.82) is 0 Å². The summed E-state index contributed by atoms with van der Waals surface area (Å²) in [7, 11) is 3.33. The van der Waals surface area contributed by atoms with E-state index in [0.717, 1.165) is 28.5 Å². The first-order valence-electron chi connectivity index (χ1n) is 9.11. The Morgan fingerprint density at radius 1 is 1.14 bits per heavy atom. The van der Waals surface area contributed by atoms with Crippen LogP contribution < -0.4 is 16.0 Å². The topological polar surface area (TPSA) is 81.3 Å².